The van der Waals surface area contributed by atoms with Gasteiger partial charge in [-0.3, -0.25) is 14.5 Å². The fraction of sp³-hybridized carbons (Fsp3) is 0.556. The molecule has 146 valence electrons. The number of nitrogens with zero attached hydrogens (tertiary/aromatic N) is 4. The molecule has 0 radical (unpaired) electrons. The van der Waals surface area contributed by atoms with Gasteiger partial charge in [0.1, 0.15) is 11.8 Å². The zero-order valence-corrected chi connectivity index (χ0v) is 15.3. The van der Waals surface area contributed by atoms with Crippen molar-refractivity contribution in [2.24, 2.45) is 0 Å². The summed E-state index contributed by atoms with van der Waals surface area (Å²) in [6, 6.07) is 3.10. The van der Waals surface area contributed by atoms with Crippen molar-refractivity contribution in [2.45, 2.75) is 50.7 Å². The van der Waals surface area contributed by atoms with E-state index in [4.69, 9.17) is 9.47 Å². The van der Waals surface area contributed by atoms with E-state index in [-0.39, 0.29) is 24.7 Å². The minimum Gasteiger partial charge on any atom is -0.394 e. The van der Waals surface area contributed by atoms with Crippen LogP contribution in [-0.2, 0) is 22.6 Å². The predicted octanol–water partition coefficient (Wildman–Crippen LogP) is 0.548. The SMILES string of the molecule is COCc1cn(CC[C@H]2CC[C@H](NC(=O)c3ccncc3)[C@H](CO)O2)nn1. The number of carbonyl (C=O) groups is 1. The van der Waals surface area contributed by atoms with Crippen molar-refractivity contribution in [1.82, 2.24) is 25.3 Å². The van der Waals surface area contributed by atoms with E-state index < -0.39 is 6.10 Å². The number of hydrogen-bond acceptors (Lipinski definition) is 7. The Balaban J connectivity index is 1.49. The Labute approximate surface area is 157 Å². The minimum atomic E-state index is -0.422. The topological polar surface area (TPSA) is 111 Å². The van der Waals surface area contributed by atoms with E-state index in [1.807, 2.05) is 6.20 Å². The Morgan fingerprint density at radius 2 is 2.22 bits per heavy atom. The van der Waals surface area contributed by atoms with Crippen LogP contribution in [0, 0.1) is 0 Å². The van der Waals surface area contributed by atoms with Crippen LogP contribution in [-0.4, -0.2) is 63.0 Å². The van der Waals surface area contributed by atoms with Gasteiger partial charge in [0.2, 0.25) is 0 Å². The zero-order valence-electron chi connectivity index (χ0n) is 15.3. The monoisotopic (exact) mass is 375 g/mol. The third-order valence-electron chi connectivity index (χ3n) is 4.61. The number of aliphatic hydroxyl groups excluding tert-OH is 1. The molecule has 0 aliphatic carbocycles. The molecule has 0 spiro atoms. The summed E-state index contributed by atoms with van der Waals surface area (Å²) in [4.78, 5) is 16.2. The maximum atomic E-state index is 12.3. The van der Waals surface area contributed by atoms with Crippen molar-refractivity contribution >= 4 is 5.91 Å². The molecule has 2 aromatic heterocycles. The van der Waals surface area contributed by atoms with Crippen molar-refractivity contribution in [1.29, 1.82) is 0 Å². The maximum Gasteiger partial charge on any atom is 0.251 e. The number of hydrogen-bond donors (Lipinski definition) is 2. The van der Waals surface area contributed by atoms with Crippen molar-refractivity contribution in [2.75, 3.05) is 13.7 Å². The molecule has 2 N–H and O–H groups in total. The number of nitrogens with one attached hydrogen (secondary N) is 1. The van der Waals surface area contributed by atoms with Crippen LogP contribution < -0.4 is 5.32 Å². The second-order valence-corrected chi connectivity index (χ2v) is 6.57. The second kappa shape index (κ2) is 9.54. The molecule has 1 aliphatic rings. The predicted molar refractivity (Wildman–Crippen MR) is 95.8 cm³/mol. The van der Waals surface area contributed by atoms with E-state index in [2.05, 4.69) is 20.6 Å². The number of methoxy groups -OCH3 is 1. The average molecular weight is 375 g/mol. The molecular weight excluding hydrogens is 350 g/mol. The van der Waals surface area contributed by atoms with Gasteiger partial charge in [-0.2, -0.15) is 0 Å². The Morgan fingerprint density at radius 1 is 1.41 bits per heavy atom. The lowest BCUT2D eigenvalue weighted by Crippen LogP contribution is -2.51. The Bertz CT molecular complexity index is 724. The number of rotatable bonds is 8. The molecule has 1 saturated heterocycles. The summed E-state index contributed by atoms with van der Waals surface area (Å²) in [6.45, 7) is 0.970. The highest BCUT2D eigenvalue weighted by Crippen LogP contribution is 2.22. The number of aryl methyl sites for hydroxylation is 1. The van der Waals surface area contributed by atoms with Crippen LogP contribution in [0.2, 0.25) is 0 Å². The van der Waals surface area contributed by atoms with Gasteiger partial charge in [0.25, 0.3) is 5.91 Å². The fourth-order valence-electron chi connectivity index (χ4n) is 3.20. The van der Waals surface area contributed by atoms with Gasteiger partial charge in [-0.1, -0.05) is 5.21 Å². The number of carbonyl (C=O) groups excluding carboxylic acids is 1. The van der Waals surface area contributed by atoms with Crippen LogP contribution in [0.25, 0.3) is 0 Å². The van der Waals surface area contributed by atoms with Gasteiger partial charge in [0.15, 0.2) is 0 Å². The number of ether oxygens (including phenoxy) is 2. The molecule has 9 nitrogen and oxygen atoms in total. The molecule has 27 heavy (non-hydrogen) atoms. The second-order valence-electron chi connectivity index (χ2n) is 6.57. The quantitative estimate of drug-likeness (QED) is 0.693. The Kier molecular flexibility index (Phi) is 6.86. The van der Waals surface area contributed by atoms with E-state index in [0.29, 0.717) is 18.7 Å². The lowest BCUT2D eigenvalue weighted by atomic mass is 9.97. The van der Waals surface area contributed by atoms with Crippen LogP contribution in [0.4, 0.5) is 0 Å². The smallest absolute Gasteiger partial charge is 0.251 e. The van der Waals surface area contributed by atoms with Gasteiger partial charge in [-0.25, -0.2) is 0 Å². The minimum absolute atomic E-state index is 0.00584. The molecule has 0 aromatic carbocycles. The van der Waals surface area contributed by atoms with Crippen LogP contribution in [0.1, 0.15) is 35.3 Å². The van der Waals surface area contributed by atoms with E-state index in [1.54, 1.807) is 36.3 Å². The summed E-state index contributed by atoms with van der Waals surface area (Å²) in [6.07, 6.45) is 6.91. The summed E-state index contributed by atoms with van der Waals surface area (Å²) in [7, 11) is 1.62. The summed E-state index contributed by atoms with van der Waals surface area (Å²) in [5, 5.41) is 20.7. The first-order chi connectivity index (χ1) is 13.2. The normalized spacial score (nSPS) is 22.5. The molecule has 1 amide bonds. The summed E-state index contributed by atoms with van der Waals surface area (Å²) < 4.78 is 12.8. The van der Waals surface area contributed by atoms with Crippen LogP contribution >= 0.6 is 0 Å². The first-order valence-electron chi connectivity index (χ1n) is 9.04. The van der Waals surface area contributed by atoms with Gasteiger partial charge < -0.3 is 19.9 Å². The number of amides is 1. The van der Waals surface area contributed by atoms with Gasteiger partial charge in [0.05, 0.1) is 31.6 Å². The van der Waals surface area contributed by atoms with E-state index in [9.17, 15) is 9.90 Å². The Hall–Kier alpha value is -2.36. The number of aromatic nitrogens is 4. The lowest BCUT2D eigenvalue weighted by Gasteiger charge is -2.36. The molecule has 3 heterocycles. The molecule has 3 atom stereocenters. The number of pyridine rings is 1. The molecule has 1 aliphatic heterocycles. The molecule has 1 fully saturated rings. The third kappa shape index (κ3) is 5.31. The molecule has 0 unspecified atom stereocenters. The van der Waals surface area contributed by atoms with Crippen molar-refractivity contribution in [3.05, 3.63) is 42.0 Å². The van der Waals surface area contributed by atoms with Crippen molar-refractivity contribution in [3.8, 4) is 0 Å². The molecule has 0 saturated carbocycles. The summed E-state index contributed by atoms with van der Waals surface area (Å²) in [5.41, 5.74) is 1.33. The van der Waals surface area contributed by atoms with Gasteiger partial charge >= 0.3 is 0 Å². The molecule has 3 rings (SSSR count). The van der Waals surface area contributed by atoms with Crippen molar-refractivity contribution in [3.63, 3.8) is 0 Å². The fourth-order valence-corrected chi connectivity index (χ4v) is 3.20. The molecule has 0 bridgehead atoms. The van der Waals surface area contributed by atoms with Gasteiger partial charge in [-0.15, -0.1) is 5.10 Å². The highest BCUT2D eigenvalue weighted by atomic mass is 16.5. The van der Waals surface area contributed by atoms with Gasteiger partial charge in [-0.05, 0) is 31.4 Å². The zero-order chi connectivity index (χ0) is 19.1. The van der Waals surface area contributed by atoms with Crippen molar-refractivity contribution < 1.29 is 19.4 Å². The molecule has 2 aromatic rings. The first-order valence-corrected chi connectivity index (χ1v) is 9.04. The lowest BCUT2D eigenvalue weighted by molar-refractivity contribution is -0.0912. The number of aliphatic hydroxyl groups is 1. The Morgan fingerprint density at radius 3 is 2.96 bits per heavy atom. The van der Waals surface area contributed by atoms with E-state index in [0.717, 1.165) is 25.0 Å². The molecule has 9 heteroatoms. The van der Waals surface area contributed by atoms with E-state index in [1.165, 1.54) is 0 Å². The highest BCUT2D eigenvalue weighted by Gasteiger charge is 2.32. The van der Waals surface area contributed by atoms with Crippen LogP contribution in [0.5, 0.6) is 0 Å². The third-order valence-corrected chi connectivity index (χ3v) is 4.61. The van der Waals surface area contributed by atoms with E-state index >= 15 is 0 Å². The maximum absolute atomic E-state index is 12.3. The van der Waals surface area contributed by atoms with Crippen LogP contribution in [0.15, 0.2) is 30.7 Å². The highest BCUT2D eigenvalue weighted by molar-refractivity contribution is 5.94. The van der Waals surface area contributed by atoms with Crippen LogP contribution in [0.3, 0.4) is 0 Å². The molecular formula is C18H25N5O4. The average Bonchev–Trinajstić information content (AvgIpc) is 3.15. The standard InChI is InChI=1S/C18H25N5O4/c1-26-12-14-10-23(22-21-14)9-6-15-2-3-16(17(11-24)27-15)20-18(25)13-4-7-19-8-5-13/h4-5,7-8,10,15-17,24H,2-3,6,9,11-12H2,1H3,(H,20,25)/t15-,16+,17+/m1/s1. The first kappa shape index (κ1) is 19.4. The van der Waals surface area contributed by atoms with Gasteiger partial charge in [0, 0.05) is 31.6 Å². The summed E-state index contributed by atoms with van der Waals surface area (Å²) >= 11 is 0. The largest absolute Gasteiger partial charge is 0.394 e. The summed E-state index contributed by atoms with van der Waals surface area (Å²) in [5.74, 6) is -0.184.